The Morgan fingerprint density at radius 2 is 0.926 bits per heavy atom. The van der Waals surface area contributed by atoms with Gasteiger partial charge in [0, 0.05) is 25.3 Å². The molecule has 0 aliphatic heterocycles. The summed E-state index contributed by atoms with van der Waals surface area (Å²) in [5.41, 5.74) is 11.1. The van der Waals surface area contributed by atoms with E-state index in [2.05, 4.69) is 38.0 Å². The summed E-state index contributed by atoms with van der Waals surface area (Å²) in [6, 6.07) is 1.27. The molecule has 4 N–H and O–H groups in total. The predicted molar refractivity (Wildman–Crippen MR) is 119 cm³/mol. The van der Waals surface area contributed by atoms with Gasteiger partial charge in [-0.15, -0.1) is 0 Å². The van der Waals surface area contributed by atoms with Crippen LogP contribution in [0.5, 0.6) is 0 Å². The molecule has 0 aliphatic carbocycles. The first kappa shape index (κ1) is 26.8. The molecule has 0 fully saturated rings. The molecule has 27 heavy (non-hydrogen) atoms. The molecule has 2 atom stereocenters. The molecule has 0 saturated carbocycles. The van der Waals surface area contributed by atoms with Gasteiger partial charge < -0.3 is 26.0 Å². The molecule has 5 heteroatoms. The molecule has 0 spiro atoms. The third-order valence-electron chi connectivity index (χ3n) is 5.63. The first-order chi connectivity index (χ1) is 13.0. The van der Waals surface area contributed by atoms with E-state index in [4.69, 9.17) is 16.2 Å². The summed E-state index contributed by atoms with van der Waals surface area (Å²) in [7, 11) is 8.77. The Balaban J connectivity index is 3.85. The Morgan fingerprint density at radius 3 is 1.26 bits per heavy atom. The third-order valence-corrected chi connectivity index (χ3v) is 5.63. The van der Waals surface area contributed by atoms with Gasteiger partial charge in [0.25, 0.3) is 0 Å². The van der Waals surface area contributed by atoms with Gasteiger partial charge >= 0.3 is 0 Å². The second-order valence-corrected chi connectivity index (χ2v) is 8.41. The Bertz CT molecular complexity index is 272. The van der Waals surface area contributed by atoms with Crippen LogP contribution < -0.4 is 11.5 Å². The van der Waals surface area contributed by atoms with Crippen LogP contribution >= 0.6 is 0 Å². The van der Waals surface area contributed by atoms with Crippen LogP contribution in [0.4, 0.5) is 0 Å². The lowest BCUT2D eigenvalue weighted by Crippen LogP contribution is -2.30. The highest BCUT2D eigenvalue weighted by Crippen LogP contribution is 2.14. The zero-order valence-corrected chi connectivity index (χ0v) is 18.9. The van der Waals surface area contributed by atoms with E-state index in [-0.39, 0.29) is 0 Å². The van der Waals surface area contributed by atoms with Gasteiger partial charge in [-0.25, -0.2) is 0 Å². The molecule has 0 aliphatic rings. The molecule has 0 radical (unpaired) electrons. The molecule has 0 aromatic rings. The van der Waals surface area contributed by atoms with Gasteiger partial charge in [-0.1, -0.05) is 38.5 Å². The van der Waals surface area contributed by atoms with Crippen molar-refractivity contribution in [2.75, 3.05) is 54.5 Å². The van der Waals surface area contributed by atoms with Gasteiger partial charge in [-0.2, -0.15) is 0 Å². The summed E-state index contributed by atoms with van der Waals surface area (Å²) in [6.07, 6.45) is 14.9. The van der Waals surface area contributed by atoms with E-state index >= 15 is 0 Å². The van der Waals surface area contributed by atoms with Crippen molar-refractivity contribution in [1.29, 1.82) is 0 Å². The summed E-state index contributed by atoms with van der Waals surface area (Å²) in [5, 5.41) is 0. The van der Waals surface area contributed by atoms with Crippen LogP contribution in [0.3, 0.4) is 0 Å². The normalized spacial score (nSPS) is 14.2. The smallest absolute Gasteiger partial charge is 0.0480 e. The second kappa shape index (κ2) is 19.1. The largest absolute Gasteiger partial charge is 0.381 e. The molecule has 0 rings (SSSR count). The van der Waals surface area contributed by atoms with Gasteiger partial charge in [0.2, 0.25) is 0 Å². The lowest BCUT2D eigenvalue weighted by atomic mass is 10.0. The number of nitrogens with zero attached hydrogens (tertiary/aromatic N) is 2. The zero-order chi connectivity index (χ0) is 20.3. The monoisotopic (exact) mass is 386 g/mol. The Kier molecular flexibility index (Phi) is 19.0. The van der Waals surface area contributed by atoms with Gasteiger partial charge in [0.15, 0.2) is 0 Å². The fourth-order valence-corrected chi connectivity index (χ4v) is 3.62. The maximum absolute atomic E-state index is 6.00. The van der Waals surface area contributed by atoms with Gasteiger partial charge in [0.05, 0.1) is 0 Å². The highest BCUT2D eigenvalue weighted by Gasteiger charge is 2.13. The fraction of sp³-hybridized carbons (Fsp3) is 1.00. The van der Waals surface area contributed by atoms with Crippen LogP contribution in [0.25, 0.3) is 0 Å². The number of rotatable bonds is 20. The van der Waals surface area contributed by atoms with E-state index in [1.54, 1.807) is 0 Å². The fourth-order valence-electron chi connectivity index (χ4n) is 3.62. The number of ether oxygens (including phenoxy) is 1. The molecule has 0 amide bonds. The first-order valence-electron chi connectivity index (χ1n) is 11.3. The predicted octanol–water partition coefficient (Wildman–Crippen LogP) is 3.46. The van der Waals surface area contributed by atoms with E-state index in [0.29, 0.717) is 12.1 Å². The quantitative estimate of drug-likeness (QED) is 0.314. The van der Waals surface area contributed by atoms with Crippen LogP contribution in [0.15, 0.2) is 0 Å². The molecular weight excluding hydrogens is 336 g/mol. The van der Waals surface area contributed by atoms with E-state index in [9.17, 15) is 0 Å². The molecule has 164 valence electrons. The molecule has 5 nitrogen and oxygen atoms in total. The van der Waals surface area contributed by atoms with Crippen molar-refractivity contribution in [1.82, 2.24) is 9.80 Å². The standard InChI is InChI=1S/C22H50N4O/c1-25(2)21(13-9-5-7-11-17-23)15-19-27-20-16-22(26(3)4)14-10-6-8-12-18-24/h21-22H,5-20,23-24H2,1-4H3. The van der Waals surface area contributed by atoms with Gasteiger partial charge in [0.1, 0.15) is 0 Å². The first-order valence-corrected chi connectivity index (χ1v) is 11.3. The number of nitrogens with two attached hydrogens (primary N) is 2. The van der Waals surface area contributed by atoms with E-state index in [0.717, 1.165) is 52.0 Å². The highest BCUT2D eigenvalue weighted by atomic mass is 16.5. The number of hydrogen-bond acceptors (Lipinski definition) is 5. The lowest BCUT2D eigenvalue weighted by molar-refractivity contribution is 0.0888. The molecule has 2 unspecified atom stereocenters. The minimum atomic E-state index is 0.634. The summed E-state index contributed by atoms with van der Waals surface area (Å²) in [6.45, 7) is 3.41. The zero-order valence-electron chi connectivity index (χ0n) is 18.9. The van der Waals surface area contributed by atoms with E-state index < -0.39 is 0 Å². The maximum atomic E-state index is 6.00. The van der Waals surface area contributed by atoms with Crippen molar-refractivity contribution in [2.45, 2.75) is 89.1 Å². The third kappa shape index (κ3) is 16.5. The summed E-state index contributed by atoms with van der Waals surface area (Å²) < 4.78 is 6.00. The topological polar surface area (TPSA) is 67.7 Å². The van der Waals surface area contributed by atoms with Crippen LogP contribution in [-0.2, 0) is 4.74 Å². The minimum Gasteiger partial charge on any atom is -0.381 e. The summed E-state index contributed by atoms with van der Waals surface area (Å²) in [4.78, 5) is 4.71. The van der Waals surface area contributed by atoms with E-state index in [1.807, 2.05) is 0 Å². The molecular formula is C22H50N4O. The van der Waals surface area contributed by atoms with Crippen molar-refractivity contribution < 1.29 is 4.74 Å². The maximum Gasteiger partial charge on any atom is 0.0480 e. The van der Waals surface area contributed by atoms with Crippen LogP contribution in [0.1, 0.15) is 77.0 Å². The Hall–Kier alpha value is -0.200. The van der Waals surface area contributed by atoms with Crippen molar-refractivity contribution in [3.05, 3.63) is 0 Å². The SMILES string of the molecule is CN(C)C(CCCCCCN)CCOCCC(CCCCCCN)N(C)C. The Morgan fingerprint density at radius 1 is 0.556 bits per heavy atom. The summed E-state index contributed by atoms with van der Waals surface area (Å²) in [5.74, 6) is 0. The van der Waals surface area contributed by atoms with Crippen LogP contribution in [0, 0.1) is 0 Å². The van der Waals surface area contributed by atoms with E-state index in [1.165, 1.54) is 51.4 Å². The average molecular weight is 387 g/mol. The molecule has 0 bridgehead atoms. The molecule has 0 heterocycles. The Labute approximate surface area is 170 Å². The van der Waals surface area contributed by atoms with Crippen LogP contribution in [0.2, 0.25) is 0 Å². The van der Waals surface area contributed by atoms with Crippen molar-refractivity contribution >= 4 is 0 Å². The second-order valence-electron chi connectivity index (χ2n) is 8.41. The van der Waals surface area contributed by atoms with Crippen molar-refractivity contribution in [2.24, 2.45) is 11.5 Å². The molecule has 0 aromatic heterocycles. The van der Waals surface area contributed by atoms with Gasteiger partial charge in [-0.3, -0.25) is 0 Å². The van der Waals surface area contributed by atoms with Gasteiger partial charge in [-0.05, 0) is 79.8 Å². The van der Waals surface area contributed by atoms with Crippen molar-refractivity contribution in [3.8, 4) is 0 Å². The number of unbranched alkanes of at least 4 members (excludes halogenated alkanes) is 6. The minimum absolute atomic E-state index is 0.634. The van der Waals surface area contributed by atoms with Crippen molar-refractivity contribution in [3.63, 3.8) is 0 Å². The molecule has 0 saturated heterocycles. The lowest BCUT2D eigenvalue weighted by Gasteiger charge is -2.26. The highest BCUT2D eigenvalue weighted by molar-refractivity contribution is 4.68. The average Bonchev–Trinajstić information content (AvgIpc) is 2.63. The van der Waals surface area contributed by atoms with Crippen LogP contribution in [-0.4, -0.2) is 76.4 Å². The number of hydrogen-bond donors (Lipinski definition) is 2. The summed E-state index contributed by atoms with van der Waals surface area (Å²) >= 11 is 0. The molecule has 0 aromatic carbocycles.